The number of carbonyl (C=O) groups is 4. The molecule has 0 rings (SSSR count). The molecule has 0 aliphatic heterocycles. The molecule has 0 aromatic carbocycles. The zero-order valence-electron chi connectivity index (χ0n) is 62.5. The summed E-state index contributed by atoms with van der Waals surface area (Å²) in [5.41, 5.74) is 0. The Balaban J connectivity index is 5.19. The fourth-order valence-corrected chi connectivity index (χ4v) is 13.5. The van der Waals surface area contributed by atoms with Gasteiger partial charge in [0.05, 0.1) is 26.4 Å². The van der Waals surface area contributed by atoms with Crippen LogP contribution in [0.3, 0.4) is 0 Å². The minimum atomic E-state index is -4.96. The van der Waals surface area contributed by atoms with Gasteiger partial charge in [-0.2, -0.15) is 0 Å². The molecule has 0 aliphatic carbocycles. The monoisotopic (exact) mass is 1410 g/mol. The topological polar surface area (TPSA) is 237 Å². The van der Waals surface area contributed by atoms with Gasteiger partial charge in [0.25, 0.3) is 0 Å². The van der Waals surface area contributed by atoms with E-state index in [1.807, 2.05) is 0 Å². The molecule has 0 amide bonds. The number of hydrogen-bond acceptors (Lipinski definition) is 15. The van der Waals surface area contributed by atoms with E-state index in [4.69, 9.17) is 37.0 Å². The molecule has 0 heterocycles. The normalized spacial score (nSPS) is 13.9. The Hall–Kier alpha value is -1.94. The van der Waals surface area contributed by atoms with Crippen molar-refractivity contribution in [3.05, 3.63) is 0 Å². The first-order valence-corrected chi connectivity index (χ1v) is 43.1. The van der Waals surface area contributed by atoms with E-state index >= 15 is 0 Å². The molecule has 570 valence electrons. The molecule has 0 fully saturated rings. The fourth-order valence-electron chi connectivity index (χ4n) is 11.9. The number of unbranched alkanes of at least 4 members (excludes halogenated alkanes) is 49. The molecule has 17 nitrogen and oxygen atoms in total. The number of aliphatic hydroxyl groups is 1. The summed E-state index contributed by atoms with van der Waals surface area (Å²) in [7, 11) is -9.91. The zero-order valence-corrected chi connectivity index (χ0v) is 64.3. The van der Waals surface area contributed by atoms with Gasteiger partial charge in [0.2, 0.25) is 0 Å². The largest absolute Gasteiger partial charge is 0.472 e. The molecule has 3 N–H and O–H groups in total. The number of ether oxygens (including phenoxy) is 4. The average molecular weight is 1410 g/mol. The first-order chi connectivity index (χ1) is 46.5. The van der Waals surface area contributed by atoms with Gasteiger partial charge in [-0.15, -0.1) is 0 Å². The van der Waals surface area contributed by atoms with Crippen LogP contribution in [0.1, 0.15) is 407 Å². The third kappa shape index (κ3) is 70.5. The minimum absolute atomic E-state index is 0.106. The second kappa shape index (κ2) is 70.1. The maximum Gasteiger partial charge on any atom is 0.472 e. The molecule has 96 heavy (non-hydrogen) atoms. The standard InChI is InChI=1S/C77H150O17P2/c1-6-9-12-15-18-21-24-26-28-30-32-34-36-38-40-43-46-53-58-63-77(82)93-72(66-87-74(79)60-55-50-44-42-39-37-35-33-31-29-27-25-22-19-16-13-10-7-2)68-91-95(83,84)89-64-71(78)65-90-96(85,86)92-69-73(67-88-75(80)61-56-51-48-47-49-54-59-70(4)5)94-76(81)62-57-52-45-41-23-20-17-14-11-8-3/h70-73,78H,6-69H2,1-5H3,(H,83,84)(H,85,86)/t71-,72-,73-/m1/s1. The van der Waals surface area contributed by atoms with Gasteiger partial charge in [-0.1, -0.05) is 356 Å². The number of rotatable bonds is 77. The van der Waals surface area contributed by atoms with Crippen LogP contribution in [0.2, 0.25) is 0 Å². The van der Waals surface area contributed by atoms with Crippen LogP contribution >= 0.6 is 15.6 Å². The van der Waals surface area contributed by atoms with E-state index in [0.717, 1.165) is 96.3 Å². The molecule has 0 radical (unpaired) electrons. The Morgan fingerprint density at radius 2 is 0.479 bits per heavy atom. The molecule has 2 unspecified atom stereocenters. The van der Waals surface area contributed by atoms with Crippen molar-refractivity contribution in [1.29, 1.82) is 0 Å². The number of phosphoric acid groups is 2. The summed E-state index contributed by atoms with van der Waals surface area (Å²) >= 11 is 0. The smallest absolute Gasteiger partial charge is 0.462 e. The highest BCUT2D eigenvalue weighted by molar-refractivity contribution is 7.47. The van der Waals surface area contributed by atoms with Crippen molar-refractivity contribution in [3.8, 4) is 0 Å². The lowest BCUT2D eigenvalue weighted by Crippen LogP contribution is -2.30. The van der Waals surface area contributed by atoms with E-state index in [0.29, 0.717) is 31.6 Å². The van der Waals surface area contributed by atoms with E-state index in [1.54, 1.807) is 0 Å². The van der Waals surface area contributed by atoms with Crippen LogP contribution in [0.25, 0.3) is 0 Å². The Bertz CT molecular complexity index is 1840. The quantitative estimate of drug-likeness (QED) is 0.0222. The summed E-state index contributed by atoms with van der Waals surface area (Å²) in [6.45, 7) is 7.20. The van der Waals surface area contributed by atoms with Gasteiger partial charge in [0.1, 0.15) is 19.3 Å². The second-order valence-electron chi connectivity index (χ2n) is 28.2. The molecule has 0 aromatic heterocycles. The van der Waals surface area contributed by atoms with Crippen LogP contribution in [0, 0.1) is 5.92 Å². The lowest BCUT2D eigenvalue weighted by Gasteiger charge is -2.21. The first-order valence-electron chi connectivity index (χ1n) is 40.1. The Morgan fingerprint density at radius 1 is 0.281 bits per heavy atom. The number of hydrogen-bond donors (Lipinski definition) is 3. The van der Waals surface area contributed by atoms with Gasteiger partial charge in [-0.3, -0.25) is 37.3 Å². The number of phosphoric ester groups is 2. The molecule has 0 saturated heterocycles. The highest BCUT2D eigenvalue weighted by Gasteiger charge is 2.30. The summed E-state index contributed by atoms with van der Waals surface area (Å²) in [4.78, 5) is 72.7. The van der Waals surface area contributed by atoms with Gasteiger partial charge in [-0.05, 0) is 31.6 Å². The van der Waals surface area contributed by atoms with Gasteiger partial charge >= 0.3 is 39.5 Å². The van der Waals surface area contributed by atoms with Crippen LogP contribution in [0.15, 0.2) is 0 Å². The van der Waals surface area contributed by atoms with Crippen LogP contribution in [-0.4, -0.2) is 96.7 Å². The third-order valence-electron chi connectivity index (χ3n) is 18.0. The molecule has 19 heteroatoms. The van der Waals surface area contributed by atoms with E-state index in [9.17, 15) is 43.2 Å². The third-order valence-corrected chi connectivity index (χ3v) is 19.9. The first kappa shape index (κ1) is 94.1. The van der Waals surface area contributed by atoms with Crippen molar-refractivity contribution in [2.24, 2.45) is 5.92 Å². The van der Waals surface area contributed by atoms with Crippen molar-refractivity contribution in [2.75, 3.05) is 39.6 Å². The van der Waals surface area contributed by atoms with Crippen molar-refractivity contribution in [3.63, 3.8) is 0 Å². The Kier molecular flexibility index (Phi) is 68.7. The van der Waals surface area contributed by atoms with Gasteiger partial charge in [0.15, 0.2) is 12.2 Å². The molecule has 0 aliphatic rings. The molecular formula is C77H150O17P2. The van der Waals surface area contributed by atoms with Gasteiger partial charge < -0.3 is 33.8 Å². The summed E-state index contributed by atoms with van der Waals surface area (Å²) in [6, 6.07) is 0. The molecular weight excluding hydrogens is 1260 g/mol. The molecule has 0 saturated carbocycles. The van der Waals surface area contributed by atoms with E-state index < -0.39 is 97.5 Å². The molecule has 0 bridgehead atoms. The Labute approximate surface area is 588 Å². The summed E-state index contributed by atoms with van der Waals surface area (Å²) in [6.07, 6.45) is 59.9. The zero-order chi connectivity index (χ0) is 70.5. The maximum atomic E-state index is 13.1. The summed E-state index contributed by atoms with van der Waals surface area (Å²) in [5, 5.41) is 10.6. The van der Waals surface area contributed by atoms with Crippen LogP contribution < -0.4 is 0 Å². The number of carbonyl (C=O) groups excluding carboxylic acids is 4. The van der Waals surface area contributed by atoms with Crippen LogP contribution in [-0.2, 0) is 65.4 Å². The van der Waals surface area contributed by atoms with E-state index in [1.165, 1.54) is 225 Å². The molecule has 0 spiro atoms. The maximum absolute atomic E-state index is 13.1. The Morgan fingerprint density at radius 3 is 0.708 bits per heavy atom. The molecule has 5 atom stereocenters. The molecule has 0 aromatic rings. The van der Waals surface area contributed by atoms with Crippen molar-refractivity contribution < 1.29 is 80.2 Å². The predicted molar refractivity (Wildman–Crippen MR) is 391 cm³/mol. The minimum Gasteiger partial charge on any atom is -0.462 e. The average Bonchev–Trinajstić information content (AvgIpc) is 1.84. The second-order valence-corrected chi connectivity index (χ2v) is 31.1. The summed E-state index contributed by atoms with van der Waals surface area (Å²) in [5.74, 6) is -1.44. The fraction of sp³-hybridized carbons (Fsp3) is 0.948. The number of esters is 4. The highest BCUT2D eigenvalue weighted by atomic mass is 31.2. The van der Waals surface area contributed by atoms with E-state index in [2.05, 4.69) is 34.6 Å². The van der Waals surface area contributed by atoms with Crippen LogP contribution in [0.4, 0.5) is 0 Å². The van der Waals surface area contributed by atoms with Crippen LogP contribution in [0.5, 0.6) is 0 Å². The predicted octanol–water partition coefficient (Wildman–Crippen LogP) is 22.9. The van der Waals surface area contributed by atoms with E-state index in [-0.39, 0.29) is 25.7 Å². The SMILES string of the molecule is CCCCCCCCCCCCCCCCCCCCCC(=O)O[C@H](COC(=O)CCCCCCCCCCCCCCCCCCCC)COP(=O)(O)OC[C@@H](O)COP(=O)(O)OC[C@@H](COC(=O)CCCCCCCCC(C)C)OC(=O)CCCCCCCCCCCC. The van der Waals surface area contributed by atoms with Crippen molar-refractivity contribution >= 4 is 39.5 Å². The lowest BCUT2D eigenvalue weighted by atomic mass is 10.0. The highest BCUT2D eigenvalue weighted by Crippen LogP contribution is 2.45. The van der Waals surface area contributed by atoms with Crippen molar-refractivity contribution in [2.45, 2.75) is 425 Å². The van der Waals surface area contributed by atoms with Gasteiger partial charge in [0, 0.05) is 25.7 Å². The summed E-state index contributed by atoms with van der Waals surface area (Å²) < 4.78 is 68.5. The lowest BCUT2D eigenvalue weighted by molar-refractivity contribution is -0.161. The van der Waals surface area contributed by atoms with Gasteiger partial charge in [-0.25, -0.2) is 9.13 Å². The van der Waals surface area contributed by atoms with Crippen molar-refractivity contribution in [1.82, 2.24) is 0 Å². The number of aliphatic hydroxyl groups excluding tert-OH is 1.